The van der Waals surface area contributed by atoms with Gasteiger partial charge in [0.25, 0.3) is 5.91 Å². The Bertz CT molecular complexity index is 1040. The molecule has 0 saturated heterocycles. The number of nitrogens with one attached hydrogen (secondary N) is 1. The van der Waals surface area contributed by atoms with E-state index in [1.807, 2.05) is 0 Å². The van der Waals surface area contributed by atoms with Crippen molar-refractivity contribution in [1.82, 2.24) is 10.3 Å². The van der Waals surface area contributed by atoms with Crippen molar-refractivity contribution in [3.8, 4) is 0 Å². The molecule has 1 heterocycles. The first-order valence-corrected chi connectivity index (χ1v) is 10.6. The van der Waals surface area contributed by atoms with Gasteiger partial charge < -0.3 is 5.32 Å². The zero-order valence-electron chi connectivity index (χ0n) is 15.0. The Labute approximate surface area is 177 Å². The second-order valence-electron chi connectivity index (χ2n) is 7.49. The molecule has 5 heteroatoms. The van der Waals surface area contributed by atoms with Gasteiger partial charge in [-0.1, -0.05) is 60.1 Å². The van der Waals surface area contributed by atoms with Crippen LogP contribution >= 0.6 is 27.5 Å². The molecule has 28 heavy (non-hydrogen) atoms. The molecule has 0 aliphatic heterocycles. The summed E-state index contributed by atoms with van der Waals surface area (Å²) in [7, 11) is 0. The lowest BCUT2D eigenvalue weighted by atomic mass is 9.59. The minimum Gasteiger partial charge on any atom is -0.352 e. The van der Waals surface area contributed by atoms with E-state index in [2.05, 4.69) is 74.8 Å². The summed E-state index contributed by atoms with van der Waals surface area (Å²) in [6, 6.07) is 19.2. The normalized spacial score (nSPS) is 21.7. The van der Waals surface area contributed by atoms with Gasteiger partial charge in [-0.25, -0.2) is 4.98 Å². The van der Waals surface area contributed by atoms with Crippen molar-refractivity contribution in [2.45, 2.75) is 18.3 Å². The first kappa shape index (κ1) is 17.9. The third-order valence-corrected chi connectivity index (χ3v) is 6.73. The number of pyridine rings is 1. The van der Waals surface area contributed by atoms with Gasteiger partial charge in [0.15, 0.2) is 0 Å². The van der Waals surface area contributed by atoms with Crippen LogP contribution in [0.25, 0.3) is 0 Å². The number of rotatable bonds is 3. The number of benzene rings is 2. The molecule has 0 saturated carbocycles. The van der Waals surface area contributed by atoms with Gasteiger partial charge >= 0.3 is 0 Å². The van der Waals surface area contributed by atoms with E-state index < -0.39 is 0 Å². The molecule has 1 atom stereocenters. The predicted octanol–water partition coefficient (Wildman–Crippen LogP) is 5.52. The molecule has 3 aliphatic rings. The Morgan fingerprint density at radius 1 is 1.07 bits per heavy atom. The summed E-state index contributed by atoms with van der Waals surface area (Å²) in [5, 5.41) is 3.32. The minimum absolute atomic E-state index is 0.179. The first-order chi connectivity index (χ1) is 13.6. The van der Waals surface area contributed by atoms with Crippen molar-refractivity contribution < 1.29 is 4.79 Å². The average molecular weight is 454 g/mol. The molecule has 1 amide bonds. The number of aromatic nitrogens is 1. The number of nitrogens with zero attached hydrogens (tertiary/aromatic N) is 1. The highest BCUT2D eigenvalue weighted by atomic mass is 79.9. The molecule has 3 nitrogen and oxygen atoms in total. The van der Waals surface area contributed by atoms with Crippen LogP contribution in [0.15, 0.2) is 65.3 Å². The molecule has 0 spiro atoms. The van der Waals surface area contributed by atoms with E-state index in [-0.39, 0.29) is 11.1 Å². The van der Waals surface area contributed by atoms with Crippen LogP contribution in [0, 0.1) is 5.92 Å². The smallest absolute Gasteiger partial charge is 0.254 e. The first-order valence-electron chi connectivity index (χ1n) is 9.40. The second kappa shape index (κ2) is 7.02. The maximum atomic E-state index is 12.7. The summed E-state index contributed by atoms with van der Waals surface area (Å²) in [5.74, 6) is 0.892. The predicted molar refractivity (Wildman–Crippen MR) is 114 cm³/mol. The van der Waals surface area contributed by atoms with Crippen molar-refractivity contribution in [3.63, 3.8) is 0 Å². The summed E-state index contributed by atoms with van der Waals surface area (Å²) >= 11 is 9.47. The van der Waals surface area contributed by atoms with Crippen molar-refractivity contribution in [1.29, 1.82) is 0 Å². The maximum absolute atomic E-state index is 12.7. The van der Waals surface area contributed by atoms with E-state index in [0.717, 1.165) is 10.9 Å². The number of halogens is 2. The monoisotopic (exact) mass is 452 g/mol. The molecule has 0 radical (unpaired) electrons. The van der Waals surface area contributed by atoms with Gasteiger partial charge in [-0.3, -0.25) is 4.79 Å². The molecule has 2 aromatic carbocycles. The van der Waals surface area contributed by atoms with E-state index in [1.54, 1.807) is 12.3 Å². The lowest BCUT2D eigenvalue weighted by Gasteiger charge is -2.45. The molecule has 6 rings (SSSR count). The van der Waals surface area contributed by atoms with Gasteiger partial charge in [0.2, 0.25) is 0 Å². The minimum atomic E-state index is -0.179. The average Bonchev–Trinajstić information content (AvgIpc) is 2.74. The molecule has 0 fully saturated rings. The largest absolute Gasteiger partial charge is 0.352 e. The van der Waals surface area contributed by atoms with E-state index in [9.17, 15) is 4.79 Å². The highest BCUT2D eigenvalue weighted by Gasteiger charge is 2.42. The Balaban J connectivity index is 1.43. The van der Waals surface area contributed by atoms with Gasteiger partial charge in [-0.05, 0) is 56.6 Å². The van der Waals surface area contributed by atoms with Crippen LogP contribution in [0.2, 0.25) is 5.15 Å². The quantitative estimate of drug-likeness (QED) is 0.530. The van der Waals surface area contributed by atoms with Crippen molar-refractivity contribution in [3.05, 3.63) is 98.2 Å². The number of amides is 1. The van der Waals surface area contributed by atoms with E-state index >= 15 is 0 Å². The van der Waals surface area contributed by atoms with Gasteiger partial charge in [0, 0.05) is 29.1 Å². The Morgan fingerprint density at radius 2 is 1.68 bits per heavy atom. The molecule has 1 aromatic heterocycles. The van der Waals surface area contributed by atoms with E-state index in [0.29, 0.717) is 29.9 Å². The Morgan fingerprint density at radius 3 is 2.32 bits per heavy atom. The number of carbonyl (C=O) groups excluding carboxylic acids is 1. The van der Waals surface area contributed by atoms with Crippen LogP contribution < -0.4 is 5.32 Å². The van der Waals surface area contributed by atoms with Crippen LogP contribution in [0.1, 0.15) is 50.9 Å². The van der Waals surface area contributed by atoms with Crippen molar-refractivity contribution in [2.24, 2.45) is 5.92 Å². The molecule has 2 bridgehead atoms. The third-order valence-electron chi connectivity index (χ3n) is 6.00. The molecule has 140 valence electrons. The standard InChI is InChI=1S/C23H18BrClN2O/c24-14-10-20(22(25)26-12-14)23(28)27-11-13-9-19-15-5-1-3-7-17(15)21(13)18-8-4-2-6-16(18)19/h1-8,10,12-13,19,21H,9,11H2,(H,27,28). The molecule has 3 aliphatic carbocycles. The number of fused-ring (bicyclic) bond motifs is 1. The van der Waals surface area contributed by atoms with Crippen LogP contribution in [-0.4, -0.2) is 17.4 Å². The molecular weight excluding hydrogens is 436 g/mol. The molecule has 3 aromatic rings. The maximum Gasteiger partial charge on any atom is 0.254 e. The van der Waals surface area contributed by atoms with Crippen LogP contribution in [0.4, 0.5) is 0 Å². The van der Waals surface area contributed by atoms with Crippen LogP contribution in [-0.2, 0) is 0 Å². The third kappa shape index (κ3) is 2.87. The molecule has 1 unspecified atom stereocenters. The summed E-state index contributed by atoms with van der Waals surface area (Å²) in [6.07, 6.45) is 2.64. The molecule has 1 N–H and O–H groups in total. The zero-order valence-corrected chi connectivity index (χ0v) is 17.4. The van der Waals surface area contributed by atoms with Crippen molar-refractivity contribution >= 4 is 33.4 Å². The highest BCUT2D eigenvalue weighted by molar-refractivity contribution is 9.10. The Hall–Kier alpha value is -2.17. The van der Waals surface area contributed by atoms with Gasteiger partial charge in [-0.15, -0.1) is 0 Å². The fraction of sp³-hybridized carbons (Fsp3) is 0.217. The highest BCUT2D eigenvalue weighted by Crippen LogP contribution is 2.55. The second-order valence-corrected chi connectivity index (χ2v) is 8.76. The number of hydrogen-bond donors (Lipinski definition) is 1. The topological polar surface area (TPSA) is 42.0 Å². The Kier molecular flexibility index (Phi) is 4.48. The van der Waals surface area contributed by atoms with Crippen LogP contribution in [0.3, 0.4) is 0 Å². The zero-order chi connectivity index (χ0) is 19.3. The van der Waals surface area contributed by atoms with Gasteiger partial charge in [0.1, 0.15) is 5.15 Å². The summed E-state index contributed by atoms with van der Waals surface area (Å²) in [5.41, 5.74) is 6.08. The van der Waals surface area contributed by atoms with Crippen molar-refractivity contribution in [2.75, 3.05) is 6.54 Å². The number of hydrogen-bond acceptors (Lipinski definition) is 2. The van der Waals surface area contributed by atoms with E-state index in [1.165, 1.54) is 22.3 Å². The fourth-order valence-electron chi connectivity index (χ4n) is 4.86. The summed E-state index contributed by atoms with van der Waals surface area (Å²) in [4.78, 5) is 16.8. The van der Waals surface area contributed by atoms with Gasteiger partial charge in [0.05, 0.1) is 5.56 Å². The summed E-state index contributed by atoms with van der Waals surface area (Å²) in [6.45, 7) is 0.617. The van der Waals surface area contributed by atoms with Crippen LogP contribution in [0.5, 0.6) is 0 Å². The molecular formula is C23H18BrClN2O. The lowest BCUT2D eigenvalue weighted by molar-refractivity contribution is 0.0942. The SMILES string of the molecule is O=C(NCC1CC2c3ccccc3C1c1ccccc12)c1cc(Br)cnc1Cl. The lowest BCUT2D eigenvalue weighted by Crippen LogP contribution is -2.39. The fourth-order valence-corrected chi connectivity index (χ4v) is 5.38. The summed E-state index contributed by atoms with van der Waals surface area (Å²) < 4.78 is 0.738. The van der Waals surface area contributed by atoms with Gasteiger partial charge in [-0.2, -0.15) is 0 Å². The van der Waals surface area contributed by atoms with E-state index in [4.69, 9.17) is 11.6 Å². The number of carbonyl (C=O) groups is 1.